The predicted octanol–water partition coefficient (Wildman–Crippen LogP) is 4.39. The molecule has 0 saturated carbocycles. The molecule has 0 radical (unpaired) electrons. The molecular weight excluding hydrogens is 379 g/mol. The lowest BCUT2D eigenvalue weighted by Crippen LogP contribution is -2.25. The third-order valence-corrected chi connectivity index (χ3v) is 5.37. The highest BCUT2D eigenvalue weighted by Gasteiger charge is 2.32. The number of nitrogens with one attached hydrogen (secondary N) is 1. The second kappa shape index (κ2) is 8.22. The second-order valence-electron chi connectivity index (χ2n) is 5.96. The van der Waals surface area contributed by atoms with E-state index in [0.29, 0.717) is 6.42 Å². The van der Waals surface area contributed by atoms with Crippen LogP contribution in [0.4, 0.5) is 18.9 Å². The Labute approximate surface area is 159 Å². The minimum absolute atomic E-state index is 0.00230. The van der Waals surface area contributed by atoms with E-state index in [2.05, 4.69) is 5.32 Å². The average Bonchev–Trinajstić information content (AvgIpc) is 3.06. The van der Waals surface area contributed by atoms with Crippen LogP contribution in [-0.2, 0) is 22.1 Å². The molecule has 0 saturated heterocycles. The Hall–Kier alpha value is -2.19. The molecule has 1 unspecified atom stereocenters. The van der Waals surface area contributed by atoms with Gasteiger partial charge < -0.3 is 14.8 Å². The SMILES string of the molecule is COCCOc1ccc(C(F)(F)F)cc1NC(=O)C1Cc2ccccc2S1. The lowest BCUT2D eigenvalue weighted by atomic mass is 10.1. The van der Waals surface area contributed by atoms with E-state index in [-0.39, 0.29) is 30.6 Å². The van der Waals surface area contributed by atoms with Crippen molar-refractivity contribution in [3.05, 3.63) is 53.6 Å². The molecule has 1 aliphatic heterocycles. The number of halogens is 3. The zero-order chi connectivity index (χ0) is 19.4. The number of carbonyl (C=O) groups excluding carboxylic acids is 1. The van der Waals surface area contributed by atoms with Gasteiger partial charge in [-0.3, -0.25) is 4.79 Å². The number of fused-ring (bicyclic) bond motifs is 1. The number of rotatable bonds is 6. The standard InChI is InChI=1S/C19H18F3NO3S/c1-25-8-9-26-15-7-6-13(19(20,21)22)11-14(15)23-18(24)17-10-12-4-2-3-5-16(12)27-17/h2-7,11,17H,8-10H2,1H3,(H,23,24). The highest BCUT2D eigenvalue weighted by molar-refractivity contribution is 8.01. The largest absolute Gasteiger partial charge is 0.489 e. The summed E-state index contributed by atoms with van der Waals surface area (Å²) in [7, 11) is 1.49. The Morgan fingerprint density at radius 1 is 1.22 bits per heavy atom. The van der Waals surface area contributed by atoms with Crippen LogP contribution in [0.5, 0.6) is 5.75 Å². The molecule has 1 amide bonds. The molecule has 1 heterocycles. The summed E-state index contributed by atoms with van der Waals surface area (Å²) in [6.45, 7) is 0.441. The van der Waals surface area contributed by atoms with Gasteiger partial charge >= 0.3 is 6.18 Å². The van der Waals surface area contributed by atoms with Crippen LogP contribution in [0.2, 0.25) is 0 Å². The lowest BCUT2D eigenvalue weighted by molar-refractivity contribution is -0.137. The summed E-state index contributed by atoms with van der Waals surface area (Å²) in [5.74, 6) is -0.180. The van der Waals surface area contributed by atoms with Crippen molar-refractivity contribution in [2.45, 2.75) is 22.7 Å². The number of hydrogen-bond acceptors (Lipinski definition) is 4. The quantitative estimate of drug-likeness (QED) is 0.735. The Bertz CT molecular complexity index is 801. The van der Waals surface area contributed by atoms with Crippen LogP contribution in [-0.4, -0.2) is 31.5 Å². The van der Waals surface area contributed by atoms with Gasteiger partial charge in [-0.1, -0.05) is 18.2 Å². The lowest BCUT2D eigenvalue weighted by Gasteiger charge is -2.16. The van der Waals surface area contributed by atoms with Crippen LogP contribution in [0.15, 0.2) is 47.4 Å². The maximum atomic E-state index is 13.0. The Kier molecular flexibility index (Phi) is 5.96. The van der Waals surface area contributed by atoms with Crippen molar-refractivity contribution in [1.82, 2.24) is 0 Å². The topological polar surface area (TPSA) is 47.6 Å². The first-order valence-corrected chi connectivity index (χ1v) is 9.15. The zero-order valence-electron chi connectivity index (χ0n) is 14.5. The van der Waals surface area contributed by atoms with Crippen LogP contribution in [0.3, 0.4) is 0 Å². The Morgan fingerprint density at radius 3 is 2.70 bits per heavy atom. The first kappa shape index (κ1) is 19.6. The zero-order valence-corrected chi connectivity index (χ0v) is 15.3. The van der Waals surface area contributed by atoms with Gasteiger partial charge in [0.25, 0.3) is 0 Å². The van der Waals surface area contributed by atoms with E-state index < -0.39 is 17.0 Å². The molecule has 1 atom stereocenters. The second-order valence-corrected chi connectivity index (χ2v) is 7.20. The number of thioether (sulfide) groups is 1. The van der Waals surface area contributed by atoms with Crippen LogP contribution < -0.4 is 10.1 Å². The van der Waals surface area contributed by atoms with E-state index >= 15 is 0 Å². The summed E-state index contributed by atoms with van der Waals surface area (Å²) in [6, 6.07) is 10.7. The van der Waals surface area contributed by atoms with Gasteiger partial charge in [-0.2, -0.15) is 13.2 Å². The van der Waals surface area contributed by atoms with E-state index in [0.717, 1.165) is 22.6 Å². The summed E-state index contributed by atoms with van der Waals surface area (Å²) in [5, 5.41) is 2.20. The maximum Gasteiger partial charge on any atom is 0.416 e. The van der Waals surface area contributed by atoms with Crippen LogP contribution >= 0.6 is 11.8 Å². The van der Waals surface area contributed by atoms with Crippen molar-refractivity contribution in [3.8, 4) is 5.75 Å². The molecule has 0 spiro atoms. The first-order valence-electron chi connectivity index (χ1n) is 8.27. The van der Waals surface area contributed by atoms with Gasteiger partial charge in [0.05, 0.1) is 23.1 Å². The molecule has 3 rings (SSSR count). The number of anilines is 1. The monoisotopic (exact) mass is 397 g/mol. The van der Waals surface area contributed by atoms with E-state index in [9.17, 15) is 18.0 Å². The van der Waals surface area contributed by atoms with Gasteiger partial charge in [-0.05, 0) is 36.2 Å². The average molecular weight is 397 g/mol. The van der Waals surface area contributed by atoms with Crippen LogP contribution in [0.1, 0.15) is 11.1 Å². The molecule has 4 nitrogen and oxygen atoms in total. The molecule has 2 aromatic carbocycles. The van der Waals surface area contributed by atoms with Crippen molar-refractivity contribution in [2.24, 2.45) is 0 Å². The molecule has 8 heteroatoms. The first-order chi connectivity index (χ1) is 12.9. The van der Waals surface area contributed by atoms with Crippen molar-refractivity contribution in [1.29, 1.82) is 0 Å². The number of amides is 1. The van der Waals surface area contributed by atoms with Crippen LogP contribution in [0, 0.1) is 0 Å². The summed E-state index contributed by atoms with van der Waals surface area (Å²) in [6.07, 6.45) is -3.98. The van der Waals surface area contributed by atoms with Gasteiger partial charge in [-0.25, -0.2) is 0 Å². The van der Waals surface area contributed by atoms with Gasteiger partial charge in [0.1, 0.15) is 12.4 Å². The van der Waals surface area contributed by atoms with E-state index in [4.69, 9.17) is 9.47 Å². The highest BCUT2D eigenvalue weighted by Crippen LogP contribution is 2.39. The summed E-state index contributed by atoms with van der Waals surface area (Å²) < 4.78 is 49.5. The van der Waals surface area contributed by atoms with Crippen LogP contribution in [0.25, 0.3) is 0 Å². The number of alkyl halides is 3. The molecule has 1 N–H and O–H groups in total. The minimum Gasteiger partial charge on any atom is -0.489 e. The fourth-order valence-corrected chi connectivity index (χ4v) is 3.90. The number of methoxy groups -OCH3 is 1. The normalized spacial score (nSPS) is 16.1. The van der Waals surface area contributed by atoms with E-state index in [1.165, 1.54) is 24.9 Å². The van der Waals surface area contributed by atoms with E-state index in [1.807, 2.05) is 24.3 Å². The van der Waals surface area contributed by atoms with Gasteiger partial charge in [-0.15, -0.1) is 11.8 Å². The summed E-state index contributed by atoms with van der Waals surface area (Å²) in [4.78, 5) is 13.6. The number of hydrogen-bond donors (Lipinski definition) is 1. The molecule has 1 aliphatic rings. The van der Waals surface area contributed by atoms with Gasteiger partial charge in [0.15, 0.2) is 0 Å². The predicted molar refractivity (Wildman–Crippen MR) is 97.2 cm³/mol. The third kappa shape index (κ3) is 4.75. The third-order valence-electron chi connectivity index (χ3n) is 4.05. The molecule has 144 valence electrons. The summed E-state index contributed by atoms with van der Waals surface area (Å²) >= 11 is 1.41. The Morgan fingerprint density at radius 2 is 2.00 bits per heavy atom. The van der Waals surface area contributed by atoms with Crippen molar-refractivity contribution in [3.63, 3.8) is 0 Å². The highest BCUT2D eigenvalue weighted by atomic mass is 32.2. The minimum atomic E-state index is -4.51. The van der Waals surface area contributed by atoms with Crippen molar-refractivity contribution in [2.75, 3.05) is 25.6 Å². The van der Waals surface area contributed by atoms with Crippen molar-refractivity contribution >= 4 is 23.4 Å². The van der Waals surface area contributed by atoms with E-state index in [1.54, 1.807) is 0 Å². The molecule has 2 aromatic rings. The molecule has 0 bridgehead atoms. The molecule has 0 fully saturated rings. The van der Waals surface area contributed by atoms with Crippen molar-refractivity contribution < 1.29 is 27.4 Å². The Balaban J connectivity index is 1.78. The number of ether oxygens (including phenoxy) is 2. The number of carbonyl (C=O) groups is 1. The number of benzene rings is 2. The fraction of sp³-hybridized carbons (Fsp3) is 0.316. The molecule has 27 heavy (non-hydrogen) atoms. The van der Waals surface area contributed by atoms with Gasteiger partial charge in [0.2, 0.25) is 5.91 Å². The smallest absolute Gasteiger partial charge is 0.416 e. The molecule has 0 aliphatic carbocycles. The van der Waals surface area contributed by atoms with Gasteiger partial charge in [0, 0.05) is 12.0 Å². The maximum absolute atomic E-state index is 13.0. The fourth-order valence-electron chi connectivity index (χ4n) is 2.71. The molecular formula is C19H18F3NO3S. The summed E-state index contributed by atoms with van der Waals surface area (Å²) in [5.41, 5.74) is 0.213. The molecule has 0 aromatic heterocycles.